The first kappa shape index (κ1) is 14.7. The van der Waals surface area contributed by atoms with Crippen LogP contribution >= 0.6 is 0 Å². The van der Waals surface area contributed by atoms with Crippen molar-refractivity contribution in [3.8, 4) is 0 Å². The summed E-state index contributed by atoms with van der Waals surface area (Å²) >= 11 is 0. The number of rotatable bonds is 6. The Balaban J connectivity index is 1.97. The zero-order valence-corrected chi connectivity index (χ0v) is 12.3. The van der Waals surface area contributed by atoms with E-state index in [9.17, 15) is 4.79 Å². The average Bonchev–Trinajstić information content (AvgIpc) is 2.75. The van der Waals surface area contributed by atoms with Crippen molar-refractivity contribution in [1.82, 2.24) is 14.9 Å². The molecule has 1 aliphatic heterocycles. The minimum atomic E-state index is 0.202. The van der Waals surface area contributed by atoms with E-state index in [0.29, 0.717) is 25.5 Å². The molecule has 0 radical (unpaired) electrons. The number of hydrogen-bond acceptors (Lipinski definition) is 5. The van der Waals surface area contributed by atoms with E-state index in [2.05, 4.69) is 15.3 Å². The molecule has 0 unspecified atom stereocenters. The maximum atomic E-state index is 11.9. The van der Waals surface area contributed by atoms with Gasteiger partial charge in [-0.2, -0.15) is 0 Å². The molecule has 2 rings (SSSR count). The van der Waals surface area contributed by atoms with Crippen LogP contribution in [0.5, 0.6) is 0 Å². The molecular weight excluding hydrogens is 256 g/mol. The molecule has 0 aliphatic carbocycles. The second kappa shape index (κ2) is 6.65. The smallest absolute Gasteiger partial charge is 0.223 e. The molecule has 0 saturated carbocycles. The first-order chi connectivity index (χ1) is 9.62. The van der Waals surface area contributed by atoms with E-state index < -0.39 is 0 Å². The lowest BCUT2D eigenvalue weighted by Crippen LogP contribution is -2.29. The van der Waals surface area contributed by atoms with Gasteiger partial charge in [0, 0.05) is 51.8 Å². The summed E-state index contributed by atoms with van der Waals surface area (Å²) in [5.74, 6) is 2.13. The van der Waals surface area contributed by atoms with Gasteiger partial charge in [-0.3, -0.25) is 4.79 Å². The van der Waals surface area contributed by atoms with Crippen molar-refractivity contribution in [1.29, 1.82) is 0 Å². The Morgan fingerprint density at radius 3 is 3.00 bits per heavy atom. The minimum absolute atomic E-state index is 0.202. The average molecular weight is 278 g/mol. The maximum Gasteiger partial charge on any atom is 0.223 e. The Morgan fingerprint density at radius 2 is 2.30 bits per heavy atom. The molecule has 2 heterocycles. The lowest BCUT2D eigenvalue weighted by atomic mass is 10.0. The fourth-order valence-electron chi connectivity index (χ4n) is 2.52. The predicted octanol–water partition coefficient (Wildman–Crippen LogP) is 0.864. The van der Waals surface area contributed by atoms with Crippen molar-refractivity contribution in [2.45, 2.75) is 19.8 Å². The lowest BCUT2D eigenvalue weighted by molar-refractivity contribution is -0.128. The highest BCUT2D eigenvalue weighted by atomic mass is 16.5. The van der Waals surface area contributed by atoms with E-state index in [1.807, 2.05) is 24.9 Å². The van der Waals surface area contributed by atoms with E-state index in [-0.39, 0.29) is 5.91 Å². The maximum absolute atomic E-state index is 11.9. The summed E-state index contributed by atoms with van der Waals surface area (Å²) < 4.78 is 5.02. The van der Waals surface area contributed by atoms with Gasteiger partial charge in [0.25, 0.3) is 0 Å². The van der Waals surface area contributed by atoms with E-state index in [1.54, 1.807) is 7.11 Å². The summed E-state index contributed by atoms with van der Waals surface area (Å²) in [6, 6.07) is 1.91. The van der Waals surface area contributed by atoms with Crippen molar-refractivity contribution in [3.05, 3.63) is 17.6 Å². The van der Waals surface area contributed by atoms with Gasteiger partial charge in [-0.05, 0) is 12.8 Å². The number of carbonyl (C=O) groups is 1. The number of aryl methyl sites for hydroxylation is 1. The molecule has 1 fully saturated rings. The Morgan fingerprint density at radius 1 is 1.50 bits per heavy atom. The third-order valence-corrected chi connectivity index (χ3v) is 3.49. The molecule has 1 saturated heterocycles. The second-order valence-electron chi connectivity index (χ2n) is 5.17. The van der Waals surface area contributed by atoms with Crippen LogP contribution in [0.1, 0.15) is 17.9 Å². The van der Waals surface area contributed by atoms with Crippen molar-refractivity contribution in [3.63, 3.8) is 0 Å². The molecule has 0 bridgehead atoms. The van der Waals surface area contributed by atoms with Crippen LogP contribution in [-0.4, -0.2) is 54.6 Å². The summed E-state index contributed by atoms with van der Waals surface area (Å²) in [6.07, 6.45) is 1.32. The second-order valence-corrected chi connectivity index (χ2v) is 5.17. The van der Waals surface area contributed by atoms with Crippen LogP contribution in [0, 0.1) is 12.8 Å². The summed E-state index contributed by atoms with van der Waals surface area (Å²) in [6.45, 7) is 3.98. The fourth-order valence-corrected chi connectivity index (χ4v) is 2.52. The molecule has 1 atom stereocenters. The Bertz CT molecular complexity index is 478. The predicted molar refractivity (Wildman–Crippen MR) is 76.6 cm³/mol. The Labute approximate surface area is 119 Å². The molecule has 6 nitrogen and oxygen atoms in total. The van der Waals surface area contributed by atoms with E-state index in [4.69, 9.17) is 4.74 Å². The van der Waals surface area contributed by atoms with Gasteiger partial charge in [0.1, 0.15) is 11.6 Å². The van der Waals surface area contributed by atoms with Crippen molar-refractivity contribution >= 4 is 11.7 Å². The van der Waals surface area contributed by atoms with Gasteiger partial charge in [0.15, 0.2) is 0 Å². The Kier molecular flexibility index (Phi) is 4.89. The third kappa shape index (κ3) is 3.66. The topological polar surface area (TPSA) is 67.4 Å². The molecule has 0 spiro atoms. The zero-order valence-electron chi connectivity index (χ0n) is 12.3. The number of nitrogens with zero attached hydrogens (tertiary/aromatic N) is 3. The third-order valence-electron chi connectivity index (χ3n) is 3.49. The summed E-state index contributed by atoms with van der Waals surface area (Å²) in [5.41, 5.74) is 0.944. The normalized spacial score (nSPS) is 18.6. The summed E-state index contributed by atoms with van der Waals surface area (Å²) in [7, 11) is 3.50. The van der Waals surface area contributed by atoms with Crippen LogP contribution in [0.25, 0.3) is 0 Å². The zero-order chi connectivity index (χ0) is 14.5. The molecule has 1 aliphatic rings. The summed E-state index contributed by atoms with van der Waals surface area (Å²) in [4.78, 5) is 22.7. The van der Waals surface area contributed by atoms with Crippen LogP contribution in [0.4, 0.5) is 5.82 Å². The van der Waals surface area contributed by atoms with Crippen LogP contribution in [0.2, 0.25) is 0 Å². The van der Waals surface area contributed by atoms with Crippen molar-refractivity contribution < 1.29 is 9.53 Å². The first-order valence-corrected chi connectivity index (χ1v) is 6.91. The molecule has 1 aromatic rings. The number of ether oxygens (including phenoxy) is 1. The number of likely N-dealkylation sites (tertiary alicyclic amines) is 1. The molecule has 110 valence electrons. The minimum Gasteiger partial charge on any atom is -0.383 e. The van der Waals surface area contributed by atoms with Gasteiger partial charge < -0.3 is 15.0 Å². The number of amides is 1. The monoisotopic (exact) mass is 278 g/mol. The lowest BCUT2D eigenvalue weighted by Gasteiger charge is -2.15. The Hall–Kier alpha value is -1.69. The number of carbonyl (C=O) groups excluding carboxylic acids is 1. The molecule has 1 N–H and O–H groups in total. The number of anilines is 1. The number of nitrogens with one attached hydrogen (secondary N) is 1. The standard InChI is InChI=1S/C14H22N4O2/c1-10-6-12(15-2)17-13(16-10)7-11-8-14(19)18(9-11)4-5-20-3/h6,11H,4-5,7-9H2,1-3H3,(H,15,16,17)/t11-/m1/s1. The molecule has 1 aromatic heterocycles. The van der Waals surface area contributed by atoms with Crippen LogP contribution in [0.3, 0.4) is 0 Å². The highest BCUT2D eigenvalue weighted by Gasteiger charge is 2.29. The number of hydrogen-bond donors (Lipinski definition) is 1. The van der Waals surface area contributed by atoms with E-state index in [1.165, 1.54) is 0 Å². The highest BCUT2D eigenvalue weighted by Crippen LogP contribution is 2.21. The molecular formula is C14H22N4O2. The molecule has 6 heteroatoms. The first-order valence-electron chi connectivity index (χ1n) is 6.91. The van der Waals surface area contributed by atoms with Crippen LogP contribution in [-0.2, 0) is 16.0 Å². The molecule has 20 heavy (non-hydrogen) atoms. The van der Waals surface area contributed by atoms with Gasteiger partial charge in [0.2, 0.25) is 5.91 Å². The quantitative estimate of drug-likeness (QED) is 0.836. The van der Waals surface area contributed by atoms with Crippen LogP contribution in [0.15, 0.2) is 6.07 Å². The van der Waals surface area contributed by atoms with E-state index >= 15 is 0 Å². The molecule has 1 amide bonds. The summed E-state index contributed by atoms with van der Waals surface area (Å²) in [5, 5.41) is 3.03. The van der Waals surface area contributed by atoms with Gasteiger partial charge in [-0.1, -0.05) is 0 Å². The SMILES string of the molecule is CNc1cc(C)nc(C[C@@H]2CC(=O)N(CCOC)C2)n1. The number of methoxy groups -OCH3 is 1. The van der Waals surface area contributed by atoms with Gasteiger partial charge in [0.05, 0.1) is 6.61 Å². The van der Waals surface area contributed by atoms with Gasteiger partial charge >= 0.3 is 0 Å². The van der Waals surface area contributed by atoms with Crippen molar-refractivity contribution in [2.75, 3.05) is 39.2 Å². The number of aromatic nitrogens is 2. The van der Waals surface area contributed by atoms with E-state index in [0.717, 1.165) is 30.3 Å². The molecule has 0 aromatic carbocycles. The highest BCUT2D eigenvalue weighted by molar-refractivity contribution is 5.78. The largest absolute Gasteiger partial charge is 0.383 e. The van der Waals surface area contributed by atoms with Gasteiger partial charge in [-0.25, -0.2) is 9.97 Å². The fraction of sp³-hybridized carbons (Fsp3) is 0.643. The van der Waals surface area contributed by atoms with Crippen LogP contribution < -0.4 is 5.32 Å². The van der Waals surface area contributed by atoms with Gasteiger partial charge in [-0.15, -0.1) is 0 Å². The van der Waals surface area contributed by atoms with Crippen molar-refractivity contribution in [2.24, 2.45) is 5.92 Å².